The molecule has 0 bridgehead atoms. The van der Waals surface area contributed by atoms with E-state index >= 15 is 0 Å². The maximum atomic E-state index is 9.61. The van der Waals surface area contributed by atoms with E-state index in [0.29, 0.717) is 5.92 Å². The molecule has 3 nitrogen and oxygen atoms in total. The molecule has 2 unspecified atom stereocenters. The third-order valence-corrected chi connectivity index (χ3v) is 5.25. The lowest BCUT2D eigenvalue weighted by molar-refractivity contribution is 0.209. The highest BCUT2D eigenvalue weighted by Crippen LogP contribution is 2.37. The van der Waals surface area contributed by atoms with E-state index in [4.69, 9.17) is 0 Å². The maximum absolute atomic E-state index is 9.61. The van der Waals surface area contributed by atoms with Gasteiger partial charge >= 0.3 is 0 Å². The molecule has 0 aromatic heterocycles. The molecule has 0 amide bonds. The van der Waals surface area contributed by atoms with Crippen LogP contribution in [-0.4, -0.2) is 36.6 Å². The zero-order valence-electron chi connectivity index (χ0n) is 13.2. The Morgan fingerprint density at radius 3 is 2.50 bits per heavy atom. The molecule has 2 fully saturated rings. The smallest absolute Gasteiger partial charge is 0.109 e. The van der Waals surface area contributed by atoms with E-state index in [1.54, 1.807) is 0 Å². The summed E-state index contributed by atoms with van der Waals surface area (Å²) in [5, 5.41) is 13.1. The third kappa shape index (κ3) is 3.96. The van der Waals surface area contributed by atoms with Crippen LogP contribution in [0, 0.1) is 17.2 Å². The predicted molar refractivity (Wildman–Crippen MR) is 83.5 cm³/mol. The maximum Gasteiger partial charge on any atom is 0.109 e. The Labute approximate surface area is 124 Å². The van der Waals surface area contributed by atoms with Gasteiger partial charge in [-0.2, -0.15) is 5.26 Å². The van der Waals surface area contributed by atoms with Gasteiger partial charge in [-0.3, -0.25) is 5.32 Å². The number of hydrogen-bond donors (Lipinski definition) is 1. The van der Waals surface area contributed by atoms with Crippen molar-refractivity contribution in [1.82, 2.24) is 10.2 Å². The van der Waals surface area contributed by atoms with Crippen molar-refractivity contribution in [3.05, 3.63) is 0 Å². The average molecular weight is 277 g/mol. The van der Waals surface area contributed by atoms with E-state index in [2.05, 4.69) is 23.2 Å². The Morgan fingerprint density at radius 2 is 1.85 bits per heavy atom. The van der Waals surface area contributed by atoms with Crippen LogP contribution in [0.4, 0.5) is 0 Å². The Hall–Kier alpha value is -0.590. The summed E-state index contributed by atoms with van der Waals surface area (Å²) in [5.74, 6) is 0.554. The average Bonchev–Trinajstić information content (AvgIpc) is 2.81. The Bertz CT molecular complexity index is 315. The van der Waals surface area contributed by atoms with Gasteiger partial charge in [0.1, 0.15) is 5.54 Å². The zero-order valence-corrected chi connectivity index (χ0v) is 13.2. The summed E-state index contributed by atoms with van der Waals surface area (Å²) in [7, 11) is 0. The summed E-state index contributed by atoms with van der Waals surface area (Å²) in [5.41, 5.74) is -0.225. The number of nitriles is 1. The second kappa shape index (κ2) is 8.00. The minimum absolute atomic E-state index is 0.225. The molecule has 2 aliphatic rings. The molecular weight excluding hydrogens is 246 g/mol. The Morgan fingerprint density at radius 1 is 1.15 bits per heavy atom. The van der Waals surface area contributed by atoms with Crippen LogP contribution in [-0.2, 0) is 0 Å². The molecule has 20 heavy (non-hydrogen) atoms. The number of hydrogen-bond acceptors (Lipinski definition) is 3. The van der Waals surface area contributed by atoms with Gasteiger partial charge in [-0.1, -0.05) is 32.6 Å². The second-order valence-corrected chi connectivity index (χ2v) is 6.60. The summed E-state index contributed by atoms with van der Waals surface area (Å²) in [4.78, 5) is 2.64. The summed E-state index contributed by atoms with van der Waals surface area (Å²) in [6.45, 7) is 6.76. The molecule has 1 N–H and O–H groups in total. The van der Waals surface area contributed by atoms with Gasteiger partial charge in [0.2, 0.25) is 0 Å². The van der Waals surface area contributed by atoms with Gasteiger partial charge in [0.25, 0.3) is 0 Å². The number of likely N-dealkylation sites (tertiary alicyclic amines) is 1. The van der Waals surface area contributed by atoms with Crippen LogP contribution >= 0.6 is 0 Å². The fourth-order valence-corrected chi connectivity index (χ4v) is 4.08. The molecule has 0 aromatic rings. The van der Waals surface area contributed by atoms with Crippen molar-refractivity contribution >= 4 is 0 Å². The van der Waals surface area contributed by atoms with E-state index in [1.165, 1.54) is 71.0 Å². The van der Waals surface area contributed by atoms with Gasteiger partial charge in [0.15, 0.2) is 0 Å². The summed E-state index contributed by atoms with van der Waals surface area (Å²) < 4.78 is 0. The molecule has 114 valence electrons. The number of rotatable bonds is 5. The van der Waals surface area contributed by atoms with E-state index in [0.717, 1.165) is 13.0 Å². The topological polar surface area (TPSA) is 39.1 Å². The quantitative estimate of drug-likeness (QED) is 0.838. The van der Waals surface area contributed by atoms with E-state index in [-0.39, 0.29) is 5.54 Å². The molecule has 0 spiro atoms. The van der Waals surface area contributed by atoms with Gasteiger partial charge in [-0.15, -0.1) is 0 Å². The molecule has 1 aliphatic heterocycles. The standard InChI is InChI=1S/C17H31N3/c1-2-19-17(15-18)11-8-9-16(17)10-14-20-12-6-4-3-5-7-13-20/h16,19H,2-14H2,1H3. The van der Waals surface area contributed by atoms with Crippen LogP contribution in [0.15, 0.2) is 0 Å². The van der Waals surface area contributed by atoms with Crippen LogP contribution in [0.1, 0.15) is 64.7 Å². The minimum Gasteiger partial charge on any atom is -0.303 e. The van der Waals surface area contributed by atoms with Gasteiger partial charge < -0.3 is 4.90 Å². The molecule has 1 aliphatic carbocycles. The third-order valence-electron chi connectivity index (χ3n) is 5.25. The van der Waals surface area contributed by atoms with Crippen molar-refractivity contribution in [2.24, 2.45) is 5.92 Å². The summed E-state index contributed by atoms with van der Waals surface area (Å²) in [6, 6.07) is 2.61. The van der Waals surface area contributed by atoms with Crippen molar-refractivity contribution in [3.8, 4) is 6.07 Å². The molecule has 3 heteroatoms. The molecular formula is C17H31N3. The lowest BCUT2D eigenvalue weighted by atomic mass is 9.85. The van der Waals surface area contributed by atoms with Crippen molar-refractivity contribution < 1.29 is 0 Å². The first-order valence-corrected chi connectivity index (χ1v) is 8.69. The van der Waals surface area contributed by atoms with E-state index in [1.807, 2.05) is 0 Å². The predicted octanol–water partition coefficient (Wildman–Crippen LogP) is 3.31. The van der Waals surface area contributed by atoms with Gasteiger partial charge in [0.05, 0.1) is 6.07 Å². The first-order valence-electron chi connectivity index (χ1n) is 8.69. The van der Waals surface area contributed by atoms with Gasteiger partial charge in [0, 0.05) is 0 Å². The zero-order chi connectivity index (χ0) is 14.3. The van der Waals surface area contributed by atoms with Crippen LogP contribution in [0.25, 0.3) is 0 Å². The highest BCUT2D eigenvalue weighted by molar-refractivity contribution is 5.14. The monoisotopic (exact) mass is 277 g/mol. The Balaban J connectivity index is 1.83. The largest absolute Gasteiger partial charge is 0.303 e. The van der Waals surface area contributed by atoms with Crippen LogP contribution < -0.4 is 5.32 Å². The van der Waals surface area contributed by atoms with Gasteiger partial charge in [-0.25, -0.2) is 0 Å². The first kappa shape index (κ1) is 15.8. The molecule has 2 rings (SSSR count). The molecule has 2 atom stereocenters. The highest BCUT2D eigenvalue weighted by atomic mass is 15.1. The van der Waals surface area contributed by atoms with Gasteiger partial charge in [-0.05, 0) is 64.2 Å². The molecule has 0 radical (unpaired) electrons. The molecule has 1 saturated carbocycles. The first-order chi connectivity index (χ1) is 9.80. The highest BCUT2D eigenvalue weighted by Gasteiger charge is 2.42. The lowest BCUT2D eigenvalue weighted by Crippen LogP contribution is -2.47. The van der Waals surface area contributed by atoms with E-state index in [9.17, 15) is 5.26 Å². The summed E-state index contributed by atoms with van der Waals surface area (Å²) >= 11 is 0. The molecule has 1 heterocycles. The number of nitrogens with one attached hydrogen (secondary N) is 1. The number of nitrogens with zero attached hydrogens (tertiary/aromatic N) is 2. The van der Waals surface area contributed by atoms with Crippen LogP contribution in [0.2, 0.25) is 0 Å². The van der Waals surface area contributed by atoms with Crippen LogP contribution in [0.3, 0.4) is 0 Å². The lowest BCUT2D eigenvalue weighted by Gasteiger charge is -2.32. The SMILES string of the molecule is CCNC1(C#N)CCCC1CCN1CCCCCCC1. The molecule has 1 saturated heterocycles. The van der Waals surface area contributed by atoms with Crippen molar-refractivity contribution in [3.63, 3.8) is 0 Å². The van der Waals surface area contributed by atoms with E-state index < -0.39 is 0 Å². The fourth-order valence-electron chi connectivity index (χ4n) is 4.08. The summed E-state index contributed by atoms with van der Waals surface area (Å²) in [6.07, 6.45) is 11.6. The molecule has 0 aromatic carbocycles. The minimum atomic E-state index is -0.225. The Kier molecular flexibility index (Phi) is 6.32. The van der Waals surface area contributed by atoms with Crippen LogP contribution in [0.5, 0.6) is 0 Å². The normalized spacial score (nSPS) is 32.5. The van der Waals surface area contributed by atoms with Crippen molar-refractivity contribution in [2.75, 3.05) is 26.2 Å². The fraction of sp³-hybridized carbons (Fsp3) is 0.941. The van der Waals surface area contributed by atoms with Crippen molar-refractivity contribution in [1.29, 1.82) is 5.26 Å². The van der Waals surface area contributed by atoms with Crippen molar-refractivity contribution in [2.45, 2.75) is 70.3 Å². The second-order valence-electron chi connectivity index (χ2n) is 6.60.